The molecule has 4 nitrogen and oxygen atoms in total. The Hall–Kier alpha value is -2.79. The van der Waals surface area contributed by atoms with Gasteiger partial charge in [0.1, 0.15) is 0 Å². The average molecular weight is 471 g/mol. The first-order chi connectivity index (χ1) is 15.0. The molecule has 3 aromatic carbocycles. The van der Waals surface area contributed by atoms with Gasteiger partial charge in [-0.25, -0.2) is 5.43 Å². The molecule has 31 heavy (non-hydrogen) atoms. The van der Waals surface area contributed by atoms with Crippen molar-refractivity contribution in [3.8, 4) is 0 Å². The minimum Gasteiger partial charge on any atom is -0.340 e. The van der Waals surface area contributed by atoms with E-state index < -0.39 is 0 Å². The smallest absolute Gasteiger partial charge is 0.272 e. The van der Waals surface area contributed by atoms with Crippen LogP contribution in [0.3, 0.4) is 0 Å². The predicted molar refractivity (Wildman–Crippen MR) is 129 cm³/mol. The summed E-state index contributed by atoms with van der Waals surface area (Å²) < 4.78 is 2.19. The number of carbonyl (C=O) groups is 1. The monoisotopic (exact) mass is 469 g/mol. The fourth-order valence-corrected chi connectivity index (χ4v) is 4.05. The summed E-state index contributed by atoms with van der Waals surface area (Å²) in [7, 11) is 0. The van der Waals surface area contributed by atoms with Gasteiger partial charge in [-0.05, 0) is 42.8 Å². The molecule has 0 aliphatic rings. The predicted octanol–water partition coefficient (Wildman–Crippen LogP) is 6.72. The topological polar surface area (TPSA) is 46.4 Å². The van der Waals surface area contributed by atoms with E-state index in [1.807, 2.05) is 37.3 Å². The zero-order valence-corrected chi connectivity index (χ0v) is 18.8. The van der Waals surface area contributed by atoms with E-state index in [0.29, 0.717) is 27.2 Å². The van der Waals surface area contributed by atoms with Crippen LogP contribution < -0.4 is 5.43 Å². The van der Waals surface area contributed by atoms with Crippen molar-refractivity contribution in [3.05, 3.63) is 104 Å². The van der Waals surface area contributed by atoms with Crippen LogP contribution in [0.2, 0.25) is 15.1 Å². The molecule has 0 aliphatic carbocycles. The highest BCUT2D eigenvalue weighted by molar-refractivity contribution is 6.42. The highest BCUT2D eigenvalue weighted by Gasteiger charge is 2.14. The molecule has 4 rings (SSSR count). The second-order valence-corrected chi connectivity index (χ2v) is 8.25. The normalized spacial score (nSPS) is 11.4. The Kier molecular flexibility index (Phi) is 6.33. The Labute approximate surface area is 195 Å². The molecular formula is C24H18Cl3N3O. The van der Waals surface area contributed by atoms with Crippen LogP contribution in [0.4, 0.5) is 0 Å². The quantitative estimate of drug-likeness (QED) is 0.255. The number of hydrazone groups is 1. The number of nitrogens with zero attached hydrogens (tertiary/aromatic N) is 2. The number of amides is 1. The second-order valence-electron chi connectivity index (χ2n) is 7.03. The lowest BCUT2D eigenvalue weighted by Gasteiger charge is -2.09. The van der Waals surface area contributed by atoms with Gasteiger partial charge in [0, 0.05) is 28.7 Å². The standard InChI is InChI=1S/C24H18Cl3N3O/c1-15-19(13-28-29-24(31)18-7-2-4-8-20(18)25)17-6-3-5-9-23(17)30(15)14-16-10-11-21(26)22(27)12-16/h2-13H,14H2,1H3,(H,29,31)/b28-13-. The Bertz CT molecular complexity index is 1310. The Morgan fingerprint density at radius 1 is 0.968 bits per heavy atom. The first kappa shape index (κ1) is 21.4. The molecule has 0 fully saturated rings. The molecule has 1 N–H and O–H groups in total. The lowest BCUT2D eigenvalue weighted by atomic mass is 10.1. The second kappa shape index (κ2) is 9.15. The van der Waals surface area contributed by atoms with Gasteiger partial charge in [-0.2, -0.15) is 5.10 Å². The van der Waals surface area contributed by atoms with Crippen molar-refractivity contribution in [3.63, 3.8) is 0 Å². The molecule has 0 unspecified atom stereocenters. The third-order valence-electron chi connectivity index (χ3n) is 5.08. The summed E-state index contributed by atoms with van der Waals surface area (Å²) in [5.41, 5.74) is 6.97. The van der Waals surface area contributed by atoms with E-state index in [1.165, 1.54) is 0 Å². The lowest BCUT2D eigenvalue weighted by Crippen LogP contribution is -2.18. The number of para-hydroxylation sites is 1. The third kappa shape index (κ3) is 4.47. The fraction of sp³-hybridized carbons (Fsp3) is 0.0833. The minimum absolute atomic E-state index is 0.362. The van der Waals surface area contributed by atoms with Gasteiger partial charge in [0.05, 0.1) is 26.8 Å². The maximum atomic E-state index is 12.4. The largest absolute Gasteiger partial charge is 0.340 e. The van der Waals surface area contributed by atoms with E-state index in [4.69, 9.17) is 34.8 Å². The molecule has 1 aromatic heterocycles. The van der Waals surface area contributed by atoms with Gasteiger partial charge >= 0.3 is 0 Å². The molecular weight excluding hydrogens is 453 g/mol. The molecule has 0 saturated heterocycles. The maximum absolute atomic E-state index is 12.4. The van der Waals surface area contributed by atoms with Crippen LogP contribution >= 0.6 is 34.8 Å². The molecule has 1 amide bonds. The van der Waals surface area contributed by atoms with Gasteiger partial charge in [0.15, 0.2) is 0 Å². The number of hydrogen-bond acceptors (Lipinski definition) is 2. The van der Waals surface area contributed by atoms with E-state index in [1.54, 1.807) is 36.5 Å². The van der Waals surface area contributed by atoms with E-state index in [2.05, 4.69) is 21.2 Å². The molecule has 0 bridgehead atoms. The van der Waals surface area contributed by atoms with E-state index in [9.17, 15) is 4.79 Å². The van der Waals surface area contributed by atoms with Crippen molar-refractivity contribution in [2.75, 3.05) is 0 Å². The summed E-state index contributed by atoms with van der Waals surface area (Å²) in [4.78, 5) is 12.4. The van der Waals surface area contributed by atoms with Crippen LogP contribution in [-0.4, -0.2) is 16.7 Å². The van der Waals surface area contributed by atoms with E-state index in [0.717, 1.165) is 27.7 Å². The van der Waals surface area contributed by atoms with E-state index in [-0.39, 0.29) is 5.91 Å². The van der Waals surface area contributed by atoms with Crippen LogP contribution in [-0.2, 0) is 6.54 Å². The van der Waals surface area contributed by atoms with Crippen molar-refractivity contribution in [2.45, 2.75) is 13.5 Å². The van der Waals surface area contributed by atoms with Crippen molar-refractivity contribution in [1.29, 1.82) is 0 Å². The van der Waals surface area contributed by atoms with Crippen LogP contribution in [0, 0.1) is 6.92 Å². The van der Waals surface area contributed by atoms with Crippen LogP contribution in [0.15, 0.2) is 71.8 Å². The van der Waals surface area contributed by atoms with Gasteiger partial charge in [-0.1, -0.05) is 71.2 Å². The molecule has 0 saturated carbocycles. The molecule has 0 spiro atoms. The number of carbonyl (C=O) groups excluding carboxylic acids is 1. The van der Waals surface area contributed by atoms with Crippen molar-refractivity contribution in [1.82, 2.24) is 9.99 Å². The highest BCUT2D eigenvalue weighted by atomic mass is 35.5. The molecule has 156 valence electrons. The van der Waals surface area contributed by atoms with Gasteiger partial charge in [0.25, 0.3) is 5.91 Å². The van der Waals surface area contributed by atoms with Crippen molar-refractivity contribution < 1.29 is 4.79 Å². The summed E-state index contributed by atoms with van der Waals surface area (Å²) >= 11 is 18.3. The molecule has 4 aromatic rings. The number of nitrogens with one attached hydrogen (secondary N) is 1. The lowest BCUT2D eigenvalue weighted by molar-refractivity contribution is 0.0955. The van der Waals surface area contributed by atoms with Crippen LogP contribution in [0.25, 0.3) is 10.9 Å². The summed E-state index contributed by atoms with van der Waals surface area (Å²) in [6.45, 7) is 2.65. The number of aromatic nitrogens is 1. The van der Waals surface area contributed by atoms with Gasteiger partial charge in [-0.3, -0.25) is 4.79 Å². The molecule has 0 atom stereocenters. The Morgan fingerprint density at radius 3 is 2.48 bits per heavy atom. The Balaban J connectivity index is 1.65. The van der Waals surface area contributed by atoms with Crippen LogP contribution in [0.1, 0.15) is 27.2 Å². The number of rotatable bonds is 5. The number of benzene rings is 3. The minimum atomic E-state index is -0.362. The number of hydrogen-bond donors (Lipinski definition) is 1. The Morgan fingerprint density at radius 2 is 1.71 bits per heavy atom. The first-order valence-electron chi connectivity index (χ1n) is 9.55. The van der Waals surface area contributed by atoms with Gasteiger partial charge in [-0.15, -0.1) is 0 Å². The molecule has 0 aliphatic heterocycles. The molecule has 7 heteroatoms. The summed E-state index contributed by atoms with van der Waals surface area (Å²) in [6.07, 6.45) is 1.66. The fourth-order valence-electron chi connectivity index (χ4n) is 3.51. The SMILES string of the molecule is Cc1c(/C=N\NC(=O)c2ccccc2Cl)c2ccccc2n1Cc1ccc(Cl)c(Cl)c1. The van der Waals surface area contributed by atoms with Crippen molar-refractivity contribution >= 4 is 57.8 Å². The first-order valence-corrected chi connectivity index (χ1v) is 10.7. The zero-order valence-electron chi connectivity index (χ0n) is 16.6. The van der Waals surface area contributed by atoms with Crippen LogP contribution in [0.5, 0.6) is 0 Å². The van der Waals surface area contributed by atoms with E-state index >= 15 is 0 Å². The summed E-state index contributed by atoms with van der Waals surface area (Å²) in [6, 6.07) is 20.5. The third-order valence-corrected chi connectivity index (χ3v) is 6.15. The zero-order chi connectivity index (χ0) is 22.0. The van der Waals surface area contributed by atoms with Gasteiger partial charge in [0.2, 0.25) is 0 Å². The molecule has 1 heterocycles. The highest BCUT2D eigenvalue weighted by Crippen LogP contribution is 2.28. The summed E-state index contributed by atoms with van der Waals surface area (Å²) in [5.74, 6) is -0.362. The number of fused-ring (bicyclic) bond motifs is 1. The summed E-state index contributed by atoms with van der Waals surface area (Å²) in [5, 5.41) is 6.65. The molecule has 0 radical (unpaired) electrons. The van der Waals surface area contributed by atoms with Gasteiger partial charge < -0.3 is 4.57 Å². The number of halogens is 3. The van der Waals surface area contributed by atoms with Crippen molar-refractivity contribution in [2.24, 2.45) is 5.10 Å². The average Bonchev–Trinajstić information content (AvgIpc) is 3.02. The maximum Gasteiger partial charge on any atom is 0.272 e.